The van der Waals surface area contributed by atoms with Crippen LogP contribution in [0.4, 0.5) is 0 Å². The Morgan fingerprint density at radius 2 is 0.600 bits per heavy atom. The summed E-state index contributed by atoms with van der Waals surface area (Å²) in [6, 6.07) is 81.8. The Balaban J connectivity index is 0.961. The second-order valence-electron chi connectivity index (χ2n) is 15.0. The highest BCUT2D eigenvalue weighted by atomic mass is 15.3. The van der Waals surface area contributed by atoms with Gasteiger partial charge >= 0.3 is 0 Å². The molecule has 0 radical (unpaired) electrons. The molecule has 0 N–H and O–H groups in total. The van der Waals surface area contributed by atoms with E-state index in [4.69, 9.17) is 10.2 Å². The van der Waals surface area contributed by atoms with Crippen LogP contribution < -0.4 is 0 Å². The molecule has 0 spiro atoms. The minimum atomic E-state index is 0.786. The standard InChI is InChI=1S/C56H38N4/c1-3-17-39(18-4-1)47-23-9-12-28-52(47)56-58-57-55(60(56)43-19-5-2-6-20-43)42-33-31-40(32-34-42)45-21-7-10-24-48(45)49-25-11-8-22-46(49)41-35-37-44(38-36-41)59-53-29-15-13-26-50(53)51-27-14-16-30-54(51)59/h1-38H. The first-order valence-corrected chi connectivity index (χ1v) is 20.3. The Kier molecular flexibility index (Phi) is 8.79. The molecule has 11 rings (SSSR count). The van der Waals surface area contributed by atoms with Gasteiger partial charge in [-0.2, -0.15) is 0 Å². The first-order chi connectivity index (χ1) is 29.8. The summed E-state index contributed by atoms with van der Waals surface area (Å²) in [6.07, 6.45) is 0. The molecule has 0 aliphatic rings. The molecule has 0 aliphatic carbocycles. The largest absolute Gasteiger partial charge is 0.309 e. The first-order valence-electron chi connectivity index (χ1n) is 20.3. The minimum absolute atomic E-state index is 0.786. The van der Waals surface area contributed by atoms with E-state index in [2.05, 4.69) is 228 Å². The van der Waals surface area contributed by atoms with Crippen LogP contribution in [0.1, 0.15) is 0 Å². The van der Waals surface area contributed by atoms with E-state index >= 15 is 0 Å². The molecule has 0 bridgehead atoms. The Bertz CT molecular complexity index is 3230. The van der Waals surface area contributed by atoms with E-state index in [1.54, 1.807) is 0 Å². The predicted molar refractivity (Wildman–Crippen MR) is 248 cm³/mol. The van der Waals surface area contributed by atoms with Crippen molar-refractivity contribution in [1.82, 2.24) is 19.3 Å². The van der Waals surface area contributed by atoms with Gasteiger partial charge in [0.25, 0.3) is 0 Å². The Morgan fingerprint density at radius 1 is 0.233 bits per heavy atom. The summed E-state index contributed by atoms with van der Waals surface area (Å²) in [5, 5.41) is 12.2. The molecular weight excluding hydrogens is 729 g/mol. The van der Waals surface area contributed by atoms with Crippen molar-refractivity contribution >= 4 is 21.8 Å². The molecule has 4 heteroatoms. The summed E-state index contributed by atoms with van der Waals surface area (Å²) >= 11 is 0. The van der Waals surface area contributed by atoms with E-state index in [0.29, 0.717) is 0 Å². The Labute approximate surface area is 348 Å². The smallest absolute Gasteiger partial charge is 0.169 e. The molecule has 0 amide bonds. The molecule has 0 saturated heterocycles. The highest BCUT2D eigenvalue weighted by Gasteiger charge is 2.21. The highest BCUT2D eigenvalue weighted by Crippen LogP contribution is 2.40. The van der Waals surface area contributed by atoms with Gasteiger partial charge in [0, 0.05) is 33.3 Å². The van der Waals surface area contributed by atoms with E-state index in [1.807, 2.05) is 12.1 Å². The molecule has 2 heterocycles. The Morgan fingerprint density at radius 3 is 1.17 bits per heavy atom. The number of para-hydroxylation sites is 3. The van der Waals surface area contributed by atoms with Crippen molar-refractivity contribution < 1.29 is 0 Å². The summed E-state index contributed by atoms with van der Waals surface area (Å²) in [5.74, 6) is 1.58. The van der Waals surface area contributed by atoms with Crippen molar-refractivity contribution in [2.24, 2.45) is 0 Å². The third-order valence-electron chi connectivity index (χ3n) is 11.5. The third-order valence-corrected chi connectivity index (χ3v) is 11.5. The molecular formula is C56H38N4. The highest BCUT2D eigenvalue weighted by molar-refractivity contribution is 6.09. The topological polar surface area (TPSA) is 35.6 Å². The van der Waals surface area contributed by atoms with Crippen LogP contribution in [0.25, 0.3) is 100 Å². The van der Waals surface area contributed by atoms with Crippen molar-refractivity contribution in [1.29, 1.82) is 0 Å². The average Bonchev–Trinajstić information content (AvgIpc) is 3.93. The summed E-state index contributed by atoms with van der Waals surface area (Å²) in [4.78, 5) is 0. The van der Waals surface area contributed by atoms with Crippen LogP contribution in [0.3, 0.4) is 0 Å². The van der Waals surface area contributed by atoms with Crippen molar-refractivity contribution in [3.05, 3.63) is 231 Å². The number of aromatic nitrogens is 4. The number of hydrogen-bond acceptors (Lipinski definition) is 2. The summed E-state index contributed by atoms with van der Waals surface area (Å²) in [5.41, 5.74) is 15.9. The average molecular weight is 767 g/mol. The van der Waals surface area contributed by atoms with Crippen LogP contribution in [0.5, 0.6) is 0 Å². The minimum Gasteiger partial charge on any atom is -0.309 e. The fourth-order valence-corrected chi connectivity index (χ4v) is 8.74. The lowest BCUT2D eigenvalue weighted by molar-refractivity contribution is 1.07. The number of rotatable bonds is 8. The third kappa shape index (κ3) is 6.10. The number of benzene rings is 9. The molecule has 0 atom stereocenters. The molecule has 11 aromatic rings. The number of fused-ring (bicyclic) bond motifs is 3. The second kappa shape index (κ2) is 15.0. The van der Waals surface area contributed by atoms with Gasteiger partial charge in [0.15, 0.2) is 11.6 Å². The van der Waals surface area contributed by atoms with Crippen LogP contribution in [-0.2, 0) is 0 Å². The van der Waals surface area contributed by atoms with Gasteiger partial charge in [0.2, 0.25) is 0 Å². The zero-order valence-electron chi connectivity index (χ0n) is 32.7. The lowest BCUT2D eigenvalue weighted by Gasteiger charge is -2.16. The molecule has 0 fully saturated rings. The molecule has 4 nitrogen and oxygen atoms in total. The SMILES string of the molecule is c1ccc(-c2ccccc2-c2nnc(-c3ccc(-c4ccccc4-c4ccccc4-c4ccc(-n5c6ccccc6c6ccccc65)cc4)cc3)n2-c2ccccc2)cc1. The van der Waals surface area contributed by atoms with Crippen molar-refractivity contribution in [3.8, 4) is 78.7 Å². The monoisotopic (exact) mass is 766 g/mol. The van der Waals surface area contributed by atoms with E-state index in [9.17, 15) is 0 Å². The molecule has 2 aromatic heterocycles. The van der Waals surface area contributed by atoms with Gasteiger partial charge in [-0.1, -0.05) is 194 Å². The summed E-state index contributed by atoms with van der Waals surface area (Å²) in [7, 11) is 0. The molecule has 9 aromatic carbocycles. The maximum absolute atomic E-state index is 4.86. The van der Waals surface area contributed by atoms with Crippen LogP contribution in [-0.4, -0.2) is 19.3 Å². The van der Waals surface area contributed by atoms with Gasteiger partial charge in [-0.15, -0.1) is 10.2 Å². The van der Waals surface area contributed by atoms with Gasteiger partial charge < -0.3 is 4.57 Å². The fourth-order valence-electron chi connectivity index (χ4n) is 8.74. The van der Waals surface area contributed by atoms with Crippen LogP contribution in [0.15, 0.2) is 231 Å². The molecule has 0 saturated carbocycles. The number of nitrogens with zero attached hydrogens (tertiary/aromatic N) is 4. The van der Waals surface area contributed by atoms with Gasteiger partial charge in [0.05, 0.1) is 11.0 Å². The van der Waals surface area contributed by atoms with Crippen molar-refractivity contribution in [2.45, 2.75) is 0 Å². The summed E-state index contributed by atoms with van der Waals surface area (Å²) < 4.78 is 4.54. The van der Waals surface area contributed by atoms with E-state index in [-0.39, 0.29) is 0 Å². The van der Waals surface area contributed by atoms with E-state index in [1.165, 1.54) is 49.6 Å². The normalized spacial score (nSPS) is 11.3. The lowest BCUT2D eigenvalue weighted by atomic mass is 9.89. The second-order valence-corrected chi connectivity index (χ2v) is 15.0. The van der Waals surface area contributed by atoms with E-state index in [0.717, 1.165) is 50.8 Å². The zero-order chi connectivity index (χ0) is 39.8. The van der Waals surface area contributed by atoms with Crippen molar-refractivity contribution in [2.75, 3.05) is 0 Å². The van der Waals surface area contributed by atoms with Gasteiger partial charge in [-0.25, -0.2) is 0 Å². The predicted octanol–water partition coefficient (Wildman–Crippen LogP) is 14.4. The van der Waals surface area contributed by atoms with Crippen LogP contribution in [0.2, 0.25) is 0 Å². The Hall–Kier alpha value is -8.08. The van der Waals surface area contributed by atoms with Crippen LogP contribution >= 0.6 is 0 Å². The fraction of sp³-hybridized carbons (Fsp3) is 0. The maximum atomic E-state index is 4.86. The quantitative estimate of drug-likeness (QED) is 0.154. The van der Waals surface area contributed by atoms with E-state index < -0.39 is 0 Å². The first kappa shape index (κ1) is 35.1. The van der Waals surface area contributed by atoms with Gasteiger partial charge in [-0.3, -0.25) is 4.57 Å². The molecule has 282 valence electrons. The zero-order valence-corrected chi connectivity index (χ0v) is 32.7. The maximum Gasteiger partial charge on any atom is 0.169 e. The molecule has 0 unspecified atom stereocenters. The van der Waals surface area contributed by atoms with Crippen LogP contribution in [0, 0.1) is 0 Å². The number of hydrogen-bond donors (Lipinski definition) is 0. The summed E-state index contributed by atoms with van der Waals surface area (Å²) in [6.45, 7) is 0. The molecule has 0 aliphatic heterocycles. The lowest BCUT2D eigenvalue weighted by Crippen LogP contribution is -2.01. The molecule has 60 heavy (non-hydrogen) atoms. The van der Waals surface area contributed by atoms with Gasteiger partial charge in [-0.05, 0) is 80.9 Å². The van der Waals surface area contributed by atoms with Gasteiger partial charge in [0.1, 0.15) is 0 Å². The van der Waals surface area contributed by atoms with Crippen molar-refractivity contribution in [3.63, 3.8) is 0 Å².